The molecule has 29 heavy (non-hydrogen) atoms. The molecule has 1 aromatic carbocycles. The van der Waals surface area contributed by atoms with Crippen molar-refractivity contribution in [2.24, 2.45) is 18.0 Å². The Morgan fingerprint density at radius 2 is 2.00 bits per heavy atom. The first-order valence-electron chi connectivity index (χ1n) is 9.61. The molecule has 4 rings (SSSR count). The van der Waals surface area contributed by atoms with Crippen molar-refractivity contribution in [3.8, 4) is 0 Å². The van der Waals surface area contributed by atoms with E-state index in [1.165, 1.54) is 32.5 Å². The zero-order chi connectivity index (χ0) is 20.6. The number of carbonyl (C=O) groups is 1. The molecular formula is C20H23N3O3S3. The molecule has 1 aliphatic rings. The summed E-state index contributed by atoms with van der Waals surface area (Å²) in [7, 11) is -1.53. The van der Waals surface area contributed by atoms with E-state index in [0.29, 0.717) is 34.9 Å². The highest BCUT2D eigenvalue weighted by atomic mass is 32.2. The fraction of sp³-hybridized carbons (Fsp3) is 0.400. The maximum atomic E-state index is 12.8. The van der Waals surface area contributed by atoms with Crippen molar-refractivity contribution >= 4 is 48.8 Å². The number of sulfonamides is 1. The Morgan fingerprint density at radius 3 is 2.66 bits per heavy atom. The molecule has 0 unspecified atom stereocenters. The number of nitrogens with zero attached hydrogens (tertiary/aromatic N) is 3. The van der Waals surface area contributed by atoms with Crippen LogP contribution in [0.5, 0.6) is 0 Å². The molecule has 1 saturated heterocycles. The second-order valence-corrected chi connectivity index (χ2v) is 11.3. The lowest BCUT2D eigenvalue weighted by Crippen LogP contribution is -2.40. The predicted molar refractivity (Wildman–Crippen MR) is 117 cm³/mol. The number of piperidine rings is 1. The molecule has 3 aromatic rings. The highest BCUT2D eigenvalue weighted by molar-refractivity contribution is 7.91. The highest BCUT2D eigenvalue weighted by Crippen LogP contribution is 2.27. The van der Waals surface area contributed by atoms with Gasteiger partial charge in [0.15, 0.2) is 4.80 Å². The summed E-state index contributed by atoms with van der Waals surface area (Å²) in [5, 5.41) is 1.76. The van der Waals surface area contributed by atoms with Gasteiger partial charge in [0, 0.05) is 26.1 Å². The number of fused-ring (bicyclic) bond motifs is 1. The van der Waals surface area contributed by atoms with Gasteiger partial charge in [0.2, 0.25) is 0 Å². The van der Waals surface area contributed by atoms with E-state index in [-0.39, 0.29) is 11.8 Å². The third kappa shape index (κ3) is 3.96. The van der Waals surface area contributed by atoms with Gasteiger partial charge in [-0.25, -0.2) is 8.42 Å². The lowest BCUT2D eigenvalue weighted by atomic mass is 9.98. The number of rotatable bonds is 4. The molecule has 0 N–H and O–H groups in total. The number of benzene rings is 1. The van der Waals surface area contributed by atoms with Gasteiger partial charge in [-0.1, -0.05) is 30.4 Å². The van der Waals surface area contributed by atoms with Gasteiger partial charge in [-0.3, -0.25) is 4.79 Å². The first kappa shape index (κ1) is 20.5. The van der Waals surface area contributed by atoms with Crippen LogP contribution in [0, 0.1) is 5.92 Å². The summed E-state index contributed by atoms with van der Waals surface area (Å²) in [6, 6.07) is 9.68. The smallest absolute Gasteiger partial charge is 0.252 e. The molecule has 0 aliphatic carbocycles. The lowest BCUT2D eigenvalue weighted by molar-refractivity contribution is -0.122. The summed E-state index contributed by atoms with van der Waals surface area (Å²) in [4.78, 5) is 17.8. The van der Waals surface area contributed by atoms with E-state index in [0.717, 1.165) is 16.6 Å². The number of aromatic nitrogens is 1. The van der Waals surface area contributed by atoms with Gasteiger partial charge < -0.3 is 4.57 Å². The summed E-state index contributed by atoms with van der Waals surface area (Å²) in [5.74, 6) is -0.391. The summed E-state index contributed by atoms with van der Waals surface area (Å²) in [5.41, 5.74) is 2.33. The van der Waals surface area contributed by atoms with Crippen molar-refractivity contribution < 1.29 is 13.2 Å². The molecule has 3 heterocycles. The van der Waals surface area contributed by atoms with Crippen LogP contribution >= 0.6 is 22.7 Å². The molecule has 0 bridgehead atoms. The van der Waals surface area contributed by atoms with Crippen LogP contribution in [-0.2, 0) is 28.3 Å². The summed E-state index contributed by atoms with van der Waals surface area (Å²) in [6.45, 7) is 2.82. The van der Waals surface area contributed by atoms with E-state index in [1.54, 1.807) is 17.5 Å². The largest absolute Gasteiger partial charge is 0.319 e. The summed E-state index contributed by atoms with van der Waals surface area (Å²) >= 11 is 2.74. The Balaban J connectivity index is 1.50. The molecule has 1 fully saturated rings. The van der Waals surface area contributed by atoms with E-state index < -0.39 is 10.0 Å². The van der Waals surface area contributed by atoms with Gasteiger partial charge in [0.25, 0.3) is 15.9 Å². The average Bonchev–Trinajstić information content (AvgIpc) is 3.37. The van der Waals surface area contributed by atoms with Crippen LogP contribution in [0.1, 0.15) is 25.3 Å². The normalized spacial score (nSPS) is 17.2. The molecule has 0 atom stereocenters. The van der Waals surface area contributed by atoms with Crippen molar-refractivity contribution in [3.63, 3.8) is 0 Å². The maximum Gasteiger partial charge on any atom is 0.252 e. The zero-order valence-corrected chi connectivity index (χ0v) is 18.8. The van der Waals surface area contributed by atoms with Gasteiger partial charge in [0.05, 0.1) is 10.2 Å². The minimum absolute atomic E-state index is 0.156. The maximum absolute atomic E-state index is 12.8. The summed E-state index contributed by atoms with van der Waals surface area (Å²) < 4.78 is 30.2. The monoisotopic (exact) mass is 449 g/mol. The van der Waals surface area contributed by atoms with Crippen LogP contribution in [0.25, 0.3) is 10.2 Å². The van der Waals surface area contributed by atoms with Crippen LogP contribution < -0.4 is 4.80 Å². The average molecular weight is 450 g/mol. The molecule has 1 aliphatic heterocycles. The second-order valence-electron chi connectivity index (χ2n) is 7.16. The van der Waals surface area contributed by atoms with Crippen molar-refractivity contribution in [1.29, 1.82) is 0 Å². The van der Waals surface area contributed by atoms with Gasteiger partial charge in [-0.05, 0) is 48.4 Å². The molecule has 9 heteroatoms. The number of amides is 1. The standard InChI is InChI=1S/C20H23N3O3S3/c1-3-14-6-7-16-17(13-14)28-20(22(16)2)21-19(24)15-8-10-23(11-9-15)29(25,26)18-5-4-12-27-18/h4-7,12-13,15H,3,8-11H2,1-2H3. The number of hydrogen-bond acceptors (Lipinski definition) is 5. The minimum atomic E-state index is -3.45. The Labute approximate surface area is 178 Å². The van der Waals surface area contributed by atoms with E-state index in [2.05, 4.69) is 30.1 Å². The van der Waals surface area contributed by atoms with Crippen LogP contribution in [0.3, 0.4) is 0 Å². The second kappa shape index (κ2) is 8.14. The van der Waals surface area contributed by atoms with Crippen molar-refractivity contribution in [3.05, 3.63) is 46.1 Å². The Bertz CT molecular complexity index is 1200. The Morgan fingerprint density at radius 1 is 1.24 bits per heavy atom. The number of thiazole rings is 1. The Hall–Kier alpha value is -1.81. The Kier molecular flexibility index (Phi) is 5.74. The number of aryl methyl sites for hydroxylation is 2. The van der Waals surface area contributed by atoms with Crippen LogP contribution in [0.2, 0.25) is 0 Å². The molecule has 0 radical (unpaired) electrons. The van der Waals surface area contributed by atoms with Crippen LogP contribution in [-0.4, -0.2) is 36.3 Å². The molecule has 1 amide bonds. The molecule has 6 nitrogen and oxygen atoms in total. The number of hydrogen-bond donors (Lipinski definition) is 0. The van der Waals surface area contributed by atoms with Gasteiger partial charge in [0.1, 0.15) is 4.21 Å². The van der Waals surface area contributed by atoms with Gasteiger partial charge in [-0.15, -0.1) is 11.3 Å². The van der Waals surface area contributed by atoms with Gasteiger partial charge >= 0.3 is 0 Å². The van der Waals surface area contributed by atoms with E-state index in [9.17, 15) is 13.2 Å². The molecular weight excluding hydrogens is 426 g/mol. The van der Waals surface area contributed by atoms with Gasteiger partial charge in [-0.2, -0.15) is 9.30 Å². The first-order valence-corrected chi connectivity index (χ1v) is 12.7. The quantitative estimate of drug-likeness (QED) is 0.613. The van der Waals surface area contributed by atoms with Crippen molar-refractivity contribution in [2.45, 2.75) is 30.4 Å². The third-order valence-corrected chi connectivity index (χ3v) is 9.75. The van der Waals surface area contributed by atoms with E-state index >= 15 is 0 Å². The fourth-order valence-electron chi connectivity index (χ4n) is 3.57. The van der Waals surface area contributed by atoms with Crippen LogP contribution in [0.4, 0.5) is 0 Å². The topological polar surface area (TPSA) is 71.7 Å². The summed E-state index contributed by atoms with van der Waals surface area (Å²) in [6.07, 6.45) is 1.97. The molecule has 2 aromatic heterocycles. The number of carbonyl (C=O) groups excluding carboxylic acids is 1. The van der Waals surface area contributed by atoms with E-state index in [4.69, 9.17) is 0 Å². The zero-order valence-electron chi connectivity index (χ0n) is 16.4. The highest BCUT2D eigenvalue weighted by Gasteiger charge is 2.32. The molecule has 154 valence electrons. The lowest BCUT2D eigenvalue weighted by Gasteiger charge is -2.29. The van der Waals surface area contributed by atoms with Crippen molar-refractivity contribution in [1.82, 2.24) is 8.87 Å². The predicted octanol–water partition coefficient (Wildman–Crippen LogP) is 3.39. The minimum Gasteiger partial charge on any atom is -0.319 e. The number of thiophene rings is 1. The van der Waals surface area contributed by atoms with E-state index in [1.807, 2.05) is 11.6 Å². The third-order valence-electron chi connectivity index (χ3n) is 5.38. The van der Waals surface area contributed by atoms with Crippen molar-refractivity contribution in [2.75, 3.05) is 13.1 Å². The van der Waals surface area contributed by atoms with Crippen LogP contribution in [0.15, 0.2) is 44.9 Å². The SMILES string of the molecule is CCc1ccc2c(c1)sc(=NC(=O)C1CCN(S(=O)(=O)c3cccs3)CC1)n2C. The fourth-order valence-corrected chi connectivity index (χ4v) is 7.27. The molecule has 0 spiro atoms. The first-order chi connectivity index (χ1) is 13.9. The molecule has 0 saturated carbocycles.